The molecule has 2 aliphatic heterocycles. The standard InChI is InChI=1S/C14H20F2N2O3/c1-20-10-13(3-6-21-7-4-13)12(19)18-5-2-11(8-17)14(15,16)9-18/h11H,2-7,9-10H2,1H3. The van der Waals surface area contributed by atoms with Gasteiger partial charge in [0.05, 0.1) is 24.6 Å². The molecule has 0 N–H and O–H groups in total. The molecular weight excluding hydrogens is 282 g/mol. The topological polar surface area (TPSA) is 62.6 Å². The third-order valence-corrected chi connectivity index (χ3v) is 4.37. The number of nitriles is 1. The van der Waals surface area contributed by atoms with E-state index in [0.29, 0.717) is 26.1 Å². The van der Waals surface area contributed by atoms with E-state index in [1.807, 2.05) is 0 Å². The number of likely N-dealkylation sites (tertiary alicyclic amines) is 1. The summed E-state index contributed by atoms with van der Waals surface area (Å²) in [6.07, 6.45) is 0.960. The lowest BCUT2D eigenvalue weighted by atomic mass is 9.78. The van der Waals surface area contributed by atoms with E-state index in [0.717, 1.165) is 0 Å². The molecule has 1 unspecified atom stereocenters. The molecule has 0 radical (unpaired) electrons. The van der Waals surface area contributed by atoms with E-state index in [4.69, 9.17) is 14.7 Å². The van der Waals surface area contributed by atoms with Crippen LogP contribution in [-0.4, -0.2) is 56.7 Å². The number of carbonyl (C=O) groups is 1. The molecule has 118 valence electrons. The summed E-state index contributed by atoms with van der Waals surface area (Å²) in [5.41, 5.74) is -0.775. The number of hydrogen-bond donors (Lipinski definition) is 0. The number of halogens is 2. The predicted molar refractivity (Wildman–Crippen MR) is 69.6 cm³/mol. The second-order valence-corrected chi connectivity index (χ2v) is 5.78. The van der Waals surface area contributed by atoms with Gasteiger partial charge in [0.2, 0.25) is 5.91 Å². The van der Waals surface area contributed by atoms with Crippen LogP contribution in [0.5, 0.6) is 0 Å². The van der Waals surface area contributed by atoms with Crippen molar-refractivity contribution >= 4 is 5.91 Å². The van der Waals surface area contributed by atoms with Crippen LogP contribution in [0.2, 0.25) is 0 Å². The normalized spacial score (nSPS) is 27.9. The van der Waals surface area contributed by atoms with Gasteiger partial charge in [-0.05, 0) is 19.3 Å². The van der Waals surface area contributed by atoms with Gasteiger partial charge in [0.25, 0.3) is 5.92 Å². The number of ether oxygens (including phenoxy) is 2. The molecule has 5 nitrogen and oxygen atoms in total. The average Bonchev–Trinajstić information content (AvgIpc) is 2.46. The average molecular weight is 302 g/mol. The Bertz CT molecular complexity index is 425. The van der Waals surface area contributed by atoms with Crippen molar-refractivity contribution in [1.82, 2.24) is 4.90 Å². The van der Waals surface area contributed by atoms with Crippen LogP contribution in [0.3, 0.4) is 0 Å². The van der Waals surface area contributed by atoms with Crippen molar-refractivity contribution in [3.8, 4) is 6.07 Å². The van der Waals surface area contributed by atoms with E-state index >= 15 is 0 Å². The fourth-order valence-corrected chi connectivity index (χ4v) is 3.07. The molecule has 0 spiro atoms. The van der Waals surface area contributed by atoms with Crippen LogP contribution in [0.15, 0.2) is 0 Å². The number of piperidine rings is 1. The van der Waals surface area contributed by atoms with Gasteiger partial charge in [-0.1, -0.05) is 0 Å². The first-order valence-electron chi connectivity index (χ1n) is 7.09. The zero-order valence-electron chi connectivity index (χ0n) is 12.1. The Labute approximate surface area is 122 Å². The van der Waals surface area contributed by atoms with Gasteiger partial charge in [0, 0.05) is 26.9 Å². The molecule has 0 aliphatic carbocycles. The Hall–Kier alpha value is -1.26. The summed E-state index contributed by atoms with van der Waals surface area (Å²) in [5, 5.41) is 8.77. The Morgan fingerprint density at radius 2 is 2.14 bits per heavy atom. The van der Waals surface area contributed by atoms with Crippen molar-refractivity contribution in [2.24, 2.45) is 11.3 Å². The molecule has 0 aromatic rings. The molecule has 1 atom stereocenters. The van der Waals surface area contributed by atoms with E-state index in [-0.39, 0.29) is 25.5 Å². The molecule has 2 aliphatic rings. The van der Waals surface area contributed by atoms with Gasteiger partial charge in [0.15, 0.2) is 0 Å². The Kier molecular flexibility index (Phi) is 4.79. The lowest BCUT2D eigenvalue weighted by molar-refractivity contribution is -0.165. The molecule has 0 aromatic carbocycles. The summed E-state index contributed by atoms with van der Waals surface area (Å²) in [5.74, 6) is -4.76. The highest BCUT2D eigenvalue weighted by molar-refractivity contribution is 5.83. The first kappa shape index (κ1) is 16.1. The first-order chi connectivity index (χ1) is 9.95. The van der Waals surface area contributed by atoms with Crippen molar-refractivity contribution in [3.63, 3.8) is 0 Å². The molecule has 2 saturated heterocycles. The number of carbonyl (C=O) groups excluding carboxylic acids is 1. The quantitative estimate of drug-likeness (QED) is 0.791. The summed E-state index contributed by atoms with van der Waals surface area (Å²) in [6.45, 7) is 0.578. The van der Waals surface area contributed by atoms with Crippen molar-refractivity contribution in [3.05, 3.63) is 0 Å². The third kappa shape index (κ3) is 3.16. The second-order valence-electron chi connectivity index (χ2n) is 5.78. The third-order valence-electron chi connectivity index (χ3n) is 4.37. The minimum Gasteiger partial charge on any atom is -0.384 e. The van der Waals surface area contributed by atoms with Crippen molar-refractivity contribution in [1.29, 1.82) is 5.26 Å². The zero-order valence-corrected chi connectivity index (χ0v) is 12.1. The van der Waals surface area contributed by atoms with E-state index < -0.39 is 23.8 Å². The molecule has 0 saturated carbocycles. The second kappa shape index (κ2) is 6.24. The molecule has 21 heavy (non-hydrogen) atoms. The van der Waals surface area contributed by atoms with Crippen LogP contribution in [0.25, 0.3) is 0 Å². The van der Waals surface area contributed by atoms with Gasteiger partial charge in [-0.2, -0.15) is 5.26 Å². The number of amides is 1. The molecule has 2 fully saturated rings. The highest BCUT2D eigenvalue weighted by atomic mass is 19.3. The van der Waals surface area contributed by atoms with Crippen molar-refractivity contribution in [2.45, 2.75) is 25.2 Å². The Morgan fingerprint density at radius 3 is 2.67 bits per heavy atom. The smallest absolute Gasteiger partial charge is 0.280 e. The summed E-state index contributed by atoms with van der Waals surface area (Å²) >= 11 is 0. The van der Waals surface area contributed by atoms with Crippen LogP contribution >= 0.6 is 0 Å². The van der Waals surface area contributed by atoms with E-state index in [1.54, 1.807) is 6.07 Å². The van der Waals surface area contributed by atoms with Gasteiger partial charge in [-0.15, -0.1) is 0 Å². The van der Waals surface area contributed by atoms with Gasteiger partial charge in [-0.3, -0.25) is 4.79 Å². The molecule has 0 bridgehead atoms. The minimum absolute atomic E-state index is 0.00873. The maximum atomic E-state index is 13.9. The number of hydrogen-bond acceptors (Lipinski definition) is 4. The fourth-order valence-electron chi connectivity index (χ4n) is 3.07. The van der Waals surface area contributed by atoms with Crippen LogP contribution in [0.1, 0.15) is 19.3 Å². The maximum Gasteiger partial charge on any atom is 0.280 e. The predicted octanol–water partition coefficient (Wildman–Crippen LogP) is 1.44. The van der Waals surface area contributed by atoms with Crippen molar-refractivity contribution < 1.29 is 23.0 Å². The molecule has 1 amide bonds. The van der Waals surface area contributed by atoms with Gasteiger partial charge < -0.3 is 14.4 Å². The van der Waals surface area contributed by atoms with E-state index in [2.05, 4.69) is 0 Å². The van der Waals surface area contributed by atoms with E-state index in [1.165, 1.54) is 12.0 Å². The summed E-state index contributed by atoms with van der Waals surface area (Å²) < 4.78 is 38.2. The van der Waals surface area contributed by atoms with Gasteiger partial charge >= 0.3 is 0 Å². The maximum absolute atomic E-state index is 13.9. The molecule has 0 aromatic heterocycles. The van der Waals surface area contributed by atoms with Crippen LogP contribution < -0.4 is 0 Å². The van der Waals surface area contributed by atoms with Crippen LogP contribution in [0, 0.1) is 22.7 Å². The SMILES string of the molecule is COCC1(C(=O)N2CCC(C#N)C(F)(F)C2)CCOCC1. The monoisotopic (exact) mass is 302 g/mol. The minimum atomic E-state index is -3.15. The lowest BCUT2D eigenvalue weighted by Gasteiger charge is -2.42. The Balaban J connectivity index is 2.13. The number of nitrogens with zero attached hydrogens (tertiary/aromatic N) is 2. The van der Waals surface area contributed by atoms with Crippen molar-refractivity contribution in [2.75, 3.05) is 40.0 Å². The highest BCUT2D eigenvalue weighted by Crippen LogP contribution is 2.38. The van der Waals surface area contributed by atoms with Gasteiger partial charge in [-0.25, -0.2) is 8.78 Å². The van der Waals surface area contributed by atoms with E-state index in [9.17, 15) is 13.6 Å². The lowest BCUT2D eigenvalue weighted by Crippen LogP contribution is -2.56. The zero-order chi connectivity index (χ0) is 15.5. The Morgan fingerprint density at radius 1 is 1.48 bits per heavy atom. The molecule has 2 rings (SSSR count). The first-order valence-corrected chi connectivity index (χ1v) is 7.09. The molecular formula is C14H20F2N2O3. The fraction of sp³-hybridized carbons (Fsp3) is 0.857. The molecule has 2 heterocycles. The molecule has 7 heteroatoms. The van der Waals surface area contributed by atoms with Crippen LogP contribution in [-0.2, 0) is 14.3 Å². The van der Waals surface area contributed by atoms with Gasteiger partial charge in [0.1, 0.15) is 5.92 Å². The highest BCUT2D eigenvalue weighted by Gasteiger charge is 2.50. The largest absolute Gasteiger partial charge is 0.384 e. The number of rotatable bonds is 3. The number of methoxy groups -OCH3 is 1. The number of alkyl halides is 2. The summed E-state index contributed by atoms with van der Waals surface area (Å²) in [4.78, 5) is 13.9. The summed E-state index contributed by atoms with van der Waals surface area (Å²) in [7, 11) is 1.50. The van der Waals surface area contributed by atoms with Crippen LogP contribution in [0.4, 0.5) is 8.78 Å². The summed E-state index contributed by atoms with van der Waals surface area (Å²) in [6, 6.07) is 1.64.